The largest absolute Gasteiger partial charge is 0.466 e. The van der Waals surface area contributed by atoms with Crippen molar-refractivity contribution in [2.75, 3.05) is 13.2 Å². The minimum absolute atomic E-state index is 0.0614. The normalized spacial score (nSPS) is 9.86. The number of carbonyl (C=O) groups excluding carboxylic acids is 2. The highest BCUT2D eigenvalue weighted by atomic mass is 32.1. The number of ether oxygens (including phenoxy) is 1. The van der Waals surface area contributed by atoms with Gasteiger partial charge in [0.2, 0.25) is 5.91 Å². The Bertz CT molecular complexity index is 491. The summed E-state index contributed by atoms with van der Waals surface area (Å²) in [5.74, 6) is -0.648. The molecule has 0 unspecified atom stereocenters. The van der Waals surface area contributed by atoms with Crippen molar-refractivity contribution in [1.29, 1.82) is 0 Å². The summed E-state index contributed by atoms with van der Waals surface area (Å²) in [5, 5.41) is 5.58. The fourth-order valence-corrected chi connectivity index (χ4v) is 2.05. The van der Waals surface area contributed by atoms with Gasteiger partial charge in [0.05, 0.1) is 13.0 Å². The number of hydrogen-bond donors (Lipinski definition) is 2. The first kappa shape index (κ1) is 18.1. The van der Waals surface area contributed by atoms with E-state index in [0.717, 1.165) is 12.8 Å². The van der Waals surface area contributed by atoms with Crippen LogP contribution in [0, 0.1) is 0 Å². The van der Waals surface area contributed by atoms with Crippen LogP contribution in [0.5, 0.6) is 0 Å². The van der Waals surface area contributed by atoms with Gasteiger partial charge in [-0.05, 0) is 37.5 Å². The summed E-state index contributed by atoms with van der Waals surface area (Å²) in [6.45, 7) is 2.89. The lowest BCUT2D eigenvalue weighted by atomic mass is 10.1. The molecule has 22 heavy (non-hydrogen) atoms. The first-order valence-corrected chi connectivity index (χ1v) is 7.80. The number of carbonyl (C=O) groups is 2. The van der Waals surface area contributed by atoms with E-state index in [4.69, 9.17) is 17.0 Å². The van der Waals surface area contributed by atoms with E-state index in [1.165, 1.54) is 5.56 Å². The molecular formula is C16H22N2O3S. The Hall–Kier alpha value is -1.95. The fraction of sp³-hybridized carbons (Fsp3) is 0.438. The van der Waals surface area contributed by atoms with Gasteiger partial charge < -0.3 is 15.4 Å². The number of aryl methyl sites for hydroxylation is 1. The molecule has 0 bridgehead atoms. The third-order valence-electron chi connectivity index (χ3n) is 2.86. The van der Waals surface area contributed by atoms with Crippen molar-refractivity contribution in [3.63, 3.8) is 0 Å². The van der Waals surface area contributed by atoms with Crippen LogP contribution in [0.1, 0.15) is 31.7 Å². The van der Waals surface area contributed by atoms with Crippen molar-refractivity contribution >= 4 is 29.2 Å². The molecule has 120 valence electrons. The van der Waals surface area contributed by atoms with Crippen molar-refractivity contribution in [3.8, 4) is 0 Å². The Morgan fingerprint density at radius 1 is 1.18 bits per heavy atom. The molecule has 0 saturated carbocycles. The van der Waals surface area contributed by atoms with Crippen molar-refractivity contribution in [3.05, 3.63) is 35.9 Å². The zero-order valence-corrected chi connectivity index (χ0v) is 13.6. The summed E-state index contributed by atoms with van der Waals surface area (Å²) in [6, 6.07) is 10.0. The maximum Gasteiger partial charge on any atom is 0.306 e. The maximum atomic E-state index is 11.5. The summed E-state index contributed by atoms with van der Waals surface area (Å²) in [5.41, 5.74) is 1.22. The second-order valence-corrected chi connectivity index (χ2v) is 5.13. The summed E-state index contributed by atoms with van der Waals surface area (Å²) in [6.07, 6.45) is 1.77. The van der Waals surface area contributed by atoms with Crippen LogP contribution >= 0.6 is 12.2 Å². The monoisotopic (exact) mass is 322 g/mol. The zero-order valence-electron chi connectivity index (χ0n) is 12.8. The topological polar surface area (TPSA) is 67.4 Å². The van der Waals surface area contributed by atoms with Crippen LogP contribution in [-0.4, -0.2) is 30.1 Å². The summed E-state index contributed by atoms with van der Waals surface area (Å²) < 4.78 is 5.10. The molecule has 0 saturated heterocycles. The SMILES string of the molecule is CCNC(=S)NC(=O)CCC(=O)OCCCc1ccccc1. The van der Waals surface area contributed by atoms with Gasteiger partial charge in [0, 0.05) is 13.0 Å². The number of amides is 1. The molecule has 1 aromatic rings. The number of rotatable bonds is 8. The zero-order chi connectivity index (χ0) is 16.2. The highest BCUT2D eigenvalue weighted by molar-refractivity contribution is 7.80. The van der Waals surface area contributed by atoms with Gasteiger partial charge in [-0.2, -0.15) is 0 Å². The molecule has 1 aromatic carbocycles. The number of thiocarbonyl (C=S) groups is 1. The molecule has 0 spiro atoms. The summed E-state index contributed by atoms with van der Waals surface area (Å²) >= 11 is 4.88. The lowest BCUT2D eigenvalue weighted by Crippen LogP contribution is -2.39. The Labute approximate surface area is 136 Å². The van der Waals surface area contributed by atoms with Gasteiger partial charge in [-0.25, -0.2) is 0 Å². The van der Waals surface area contributed by atoms with Crippen molar-refractivity contribution in [2.24, 2.45) is 0 Å². The predicted molar refractivity (Wildman–Crippen MR) is 89.4 cm³/mol. The van der Waals surface area contributed by atoms with Gasteiger partial charge in [-0.15, -0.1) is 0 Å². The molecule has 0 aliphatic carbocycles. The standard InChI is InChI=1S/C16H22N2O3S/c1-2-17-16(22)18-14(19)10-11-15(20)21-12-6-9-13-7-4-3-5-8-13/h3-5,7-8H,2,6,9-12H2,1H3,(H2,17,18,19,22). The first-order valence-electron chi connectivity index (χ1n) is 7.39. The molecule has 1 amide bonds. The van der Waals surface area contributed by atoms with Gasteiger partial charge >= 0.3 is 5.97 Å². The van der Waals surface area contributed by atoms with Crippen molar-refractivity contribution < 1.29 is 14.3 Å². The minimum atomic E-state index is -0.363. The number of benzene rings is 1. The molecule has 0 fully saturated rings. The molecule has 0 aromatic heterocycles. The maximum absolute atomic E-state index is 11.5. The average molecular weight is 322 g/mol. The Morgan fingerprint density at radius 3 is 2.59 bits per heavy atom. The lowest BCUT2D eigenvalue weighted by Gasteiger charge is -2.07. The van der Waals surface area contributed by atoms with E-state index >= 15 is 0 Å². The number of esters is 1. The van der Waals surface area contributed by atoms with E-state index < -0.39 is 0 Å². The Morgan fingerprint density at radius 2 is 1.91 bits per heavy atom. The second-order valence-electron chi connectivity index (χ2n) is 4.72. The first-order chi connectivity index (χ1) is 10.6. The Kier molecular flexibility index (Phi) is 8.83. The van der Waals surface area contributed by atoms with Crippen LogP contribution in [0.2, 0.25) is 0 Å². The Balaban J connectivity index is 2.08. The van der Waals surface area contributed by atoms with Crippen LogP contribution < -0.4 is 10.6 Å². The molecule has 0 aliphatic rings. The van der Waals surface area contributed by atoms with Crippen LogP contribution in [-0.2, 0) is 20.7 Å². The smallest absolute Gasteiger partial charge is 0.306 e. The second kappa shape index (κ2) is 10.7. The molecular weight excluding hydrogens is 300 g/mol. The van der Waals surface area contributed by atoms with E-state index in [0.29, 0.717) is 13.2 Å². The fourth-order valence-electron chi connectivity index (χ4n) is 1.79. The molecule has 0 radical (unpaired) electrons. The highest BCUT2D eigenvalue weighted by Gasteiger charge is 2.09. The summed E-state index contributed by atoms with van der Waals surface area (Å²) in [4.78, 5) is 23.0. The summed E-state index contributed by atoms with van der Waals surface area (Å²) in [7, 11) is 0. The van der Waals surface area contributed by atoms with Gasteiger partial charge in [0.15, 0.2) is 5.11 Å². The van der Waals surface area contributed by atoms with E-state index in [9.17, 15) is 9.59 Å². The minimum Gasteiger partial charge on any atom is -0.466 e. The van der Waals surface area contributed by atoms with Crippen LogP contribution in [0.25, 0.3) is 0 Å². The molecule has 6 heteroatoms. The third-order valence-corrected chi connectivity index (χ3v) is 3.11. The molecule has 5 nitrogen and oxygen atoms in total. The van der Waals surface area contributed by atoms with Gasteiger partial charge in [-0.1, -0.05) is 30.3 Å². The van der Waals surface area contributed by atoms with E-state index in [1.54, 1.807) is 0 Å². The van der Waals surface area contributed by atoms with Crippen LogP contribution in [0.15, 0.2) is 30.3 Å². The molecule has 0 aliphatic heterocycles. The van der Waals surface area contributed by atoms with E-state index in [-0.39, 0.29) is 29.8 Å². The van der Waals surface area contributed by atoms with Gasteiger partial charge in [0.25, 0.3) is 0 Å². The van der Waals surface area contributed by atoms with E-state index in [1.807, 2.05) is 37.3 Å². The molecule has 0 atom stereocenters. The molecule has 1 rings (SSSR count). The molecule has 0 heterocycles. The van der Waals surface area contributed by atoms with Crippen LogP contribution in [0.4, 0.5) is 0 Å². The van der Waals surface area contributed by atoms with Gasteiger partial charge in [0.1, 0.15) is 0 Å². The van der Waals surface area contributed by atoms with Crippen molar-refractivity contribution in [1.82, 2.24) is 10.6 Å². The highest BCUT2D eigenvalue weighted by Crippen LogP contribution is 2.03. The van der Waals surface area contributed by atoms with Crippen LogP contribution in [0.3, 0.4) is 0 Å². The number of nitrogens with one attached hydrogen (secondary N) is 2. The number of hydrogen-bond acceptors (Lipinski definition) is 4. The van der Waals surface area contributed by atoms with Gasteiger partial charge in [-0.3, -0.25) is 9.59 Å². The third kappa shape index (κ3) is 8.36. The average Bonchev–Trinajstić information content (AvgIpc) is 2.51. The predicted octanol–water partition coefficient (Wildman–Crippen LogP) is 1.95. The quantitative estimate of drug-likeness (QED) is 0.435. The van der Waals surface area contributed by atoms with Crippen molar-refractivity contribution in [2.45, 2.75) is 32.6 Å². The van der Waals surface area contributed by atoms with E-state index in [2.05, 4.69) is 10.6 Å². The lowest BCUT2D eigenvalue weighted by molar-refractivity contribution is -0.145. The molecule has 2 N–H and O–H groups in total.